The number of carboxylic acid groups (broad SMARTS) is 1. The van der Waals surface area contributed by atoms with Crippen LogP contribution in [0.25, 0.3) is 10.9 Å². The van der Waals surface area contributed by atoms with Gasteiger partial charge in [0.2, 0.25) is 0 Å². The van der Waals surface area contributed by atoms with Crippen molar-refractivity contribution in [1.29, 1.82) is 5.26 Å². The Balaban J connectivity index is 2.10. The van der Waals surface area contributed by atoms with Crippen molar-refractivity contribution in [3.8, 4) is 6.07 Å². The zero-order valence-electron chi connectivity index (χ0n) is 14.1. The Morgan fingerprint density at radius 2 is 2.23 bits per heavy atom. The van der Waals surface area contributed by atoms with Crippen LogP contribution in [0.2, 0.25) is 5.02 Å². The first-order valence-electron chi connectivity index (χ1n) is 8.58. The fourth-order valence-corrected chi connectivity index (χ4v) is 3.37. The lowest BCUT2D eigenvalue weighted by Gasteiger charge is -2.21. The van der Waals surface area contributed by atoms with Crippen molar-refractivity contribution in [3.63, 3.8) is 0 Å². The van der Waals surface area contributed by atoms with Gasteiger partial charge in [0.1, 0.15) is 5.82 Å². The molecular formula is C18H19ClN4O3. The highest BCUT2D eigenvalue weighted by Crippen LogP contribution is 2.40. The van der Waals surface area contributed by atoms with Crippen molar-refractivity contribution in [2.24, 2.45) is 5.92 Å². The van der Waals surface area contributed by atoms with Gasteiger partial charge in [-0.05, 0) is 43.7 Å². The third-order valence-electron chi connectivity index (χ3n) is 4.53. The van der Waals surface area contributed by atoms with E-state index in [2.05, 4.69) is 16.4 Å². The fraction of sp³-hybridized carbons (Fsp3) is 0.444. The van der Waals surface area contributed by atoms with Gasteiger partial charge in [0.05, 0.1) is 28.0 Å². The minimum absolute atomic E-state index is 0.139. The van der Waals surface area contributed by atoms with E-state index in [0.717, 1.165) is 12.8 Å². The Morgan fingerprint density at radius 3 is 2.88 bits per heavy atom. The molecule has 1 aromatic heterocycles. The molecule has 0 saturated heterocycles. The van der Waals surface area contributed by atoms with E-state index >= 15 is 0 Å². The Hall–Kier alpha value is -2.59. The molecule has 1 saturated carbocycles. The molecule has 0 bridgehead atoms. The van der Waals surface area contributed by atoms with Gasteiger partial charge in [0, 0.05) is 13.0 Å². The van der Waals surface area contributed by atoms with Crippen LogP contribution in [0.1, 0.15) is 44.0 Å². The molecule has 1 atom stereocenters. The molecule has 1 aliphatic rings. The molecule has 0 spiro atoms. The topological polar surface area (TPSA) is 108 Å². The largest absolute Gasteiger partial charge is 0.465 e. The van der Waals surface area contributed by atoms with Crippen LogP contribution < -0.4 is 10.9 Å². The predicted octanol–water partition coefficient (Wildman–Crippen LogP) is 3.46. The van der Waals surface area contributed by atoms with E-state index in [4.69, 9.17) is 16.9 Å². The first-order valence-corrected chi connectivity index (χ1v) is 8.96. The number of nitrogens with one attached hydrogen (secondary N) is 1. The van der Waals surface area contributed by atoms with Crippen LogP contribution in [0.5, 0.6) is 0 Å². The number of fused-ring (bicyclic) bond motifs is 1. The molecule has 26 heavy (non-hydrogen) atoms. The first kappa shape index (κ1) is 18.2. The maximum atomic E-state index is 13.1. The molecule has 2 aromatic rings. The Bertz CT molecular complexity index is 930. The van der Waals surface area contributed by atoms with Crippen molar-refractivity contribution >= 4 is 28.6 Å². The molecule has 3 rings (SSSR count). The second-order valence-corrected chi connectivity index (χ2v) is 6.85. The van der Waals surface area contributed by atoms with E-state index in [1.807, 2.05) is 0 Å². The monoisotopic (exact) mass is 374 g/mol. The number of benzene rings is 1. The zero-order valence-corrected chi connectivity index (χ0v) is 14.9. The maximum Gasteiger partial charge on any atom is 0.405 e. The van der Waals surface area contributed by atoms with E-state index < -0.39 is 12.1 Å². The van der Waals surface area contributed by atoms with Gasteiger partial charge in [0.15, 0.2) is 0 Å². The standard InChI is InChI=1S/C18H19ClN4O3/c19-12-5-4-6-13-14(12)17(24)23(10-3-1-2-9-20)16(21-13)15(11-7-8-11)22-18(25)26/h4-6,11,15,22H,1-3,7-8,10H2,(H,25,26). The van der Waals surface area contributed by atoms with Gasteiger partial charge in [-0.15, -0.1) is 0 Å². The highest BCUT2D eigenvalue weighted by molar-refractivity contribution is 6.35. The molecule has 1 aromatic carbocycles. The molecule has 0 aliphatic heterocycles. The number of nitrogens with zero attached hydrogens (tertiary/aromatic N) is 3. The summed E-state index contributed by atoms with van der Waals surface area (Å²) in [7, 11) is 0. The van der Waals surface area contributed by atoms with E-state index in [-0.39, 0.29) is 11.5 Å². The fourth-order valence-electron chi connectivity index (χ4n) is 3.12. The van der Waals surface area contributed by atoms with Crippen LogP contribution in [0.4, 0.5) is 4.79 Å². The second-order valence-electron chi connectivity index (χ2n) is 6.44. The van der Waals surface area contributed by atoms with Crippen molar-refractivity contribution < 1.29 is 9.90 Å². The molecular weight excluding hydrogens is 356 g/mol. The van der Waals surface area contributed by atoms with Gasteiger partial charge in [0.25, 0.3) is 5.56 Å². The van der Waals surface area contributed by atoms with Crippen molar-refractivity contribution in [1.82, 2.24) is 14.9 Å². The van der Waals surface area contributed by atoms with Gasteiger partial charge in [-0.2, -0.15) is 5.26 Å². The van der Waals surface area contributed by atoms with Crippen LogP contribution in [0.3, 0.4) is 0 Å². The van der Waals surface area contributed by atoms with Crippen molar-refractivity contribution in [2.75, 3.05) is 0 Å². The lowest BCUT2D eigenvalue weighted by atomic mass is 10.1. The zero-order chi connectivity index (χ0) is 18.7. The van der Waals surface area contributed by atoms with Crippen LogP contribution >= 0.6 is 11.6 Å². The van der Waals surface area contributed by atoms with E-state index in [1.165, 1.54) is 4.57 Å². The lowest BCUT2D eigenvalue weighted by Crippen LogP contribution is -2.35. The van der Waals surface area contributed by atoms with Crippen molar-refractivity contribution in [2.45, 2.75) is 44.7 Å². The number of aromatic nitrogens is 2. The average Bonchev–Trinajstić information content (AvgIpc) is 3.42. The summed E-state index contributed by atoms with van der Waals surface area (Å²) in [6.45, 7) is 0.370. The van der Waals surface area contributed by atoms with Crippen LogP contribution in [0.15, 0.2) is 23.0 Å². The van der Waals surface area contributed by atoms with E-state index in [1.54, 1.807) is 18.2 Å². The summed E-state index contributed by atoms with van der Waals surface area (Å²) in [6.07, 6.45) is 2.33. The Morgan fingerprint density at radius 1 is 1.46 bits per heavy atom. The highest BCUT2D eigenvalue weighted by atomic mass is 35.5. The maximum absolute atomic E-state index is 13.1. The minimum atomic E-state index is -1.14. The normalized spacial score (nSPS) is 14.8. The predicted molar refractivity (Wildman–Crippen MR) is 97.1 cm³/mol. The summed E-state index contributed by atoms with van der Waals surface area (Å²) in [4.78, 5) is 28.9. The number of hydrogen-bond acceptors (Lipinski definition) is 4. The molecule has 7 nitrogen and oxygen atoms in total. The Kier molecular flexibility index (Phi) is 5.43. The lowest BCUT2D eigenvalue weighted by molar-refractivity contribution is 0.187. The quantitative estimate of drug-likeness (QED) is 0.721. The third-order valence-corrected chi connectivity index (χ3v) is 4.85. The molecule has 1 amide bonds. The van der Waals surface area contributed by atoms with Gasteiger partial charge in [-0.3, -0.25) is 9.36 Å². The summed E-state index contributed by atoms with van der Waals surface area (Å²) >= 11 is 6.20. The number of nitriles is 1. The summed E-state index contributed by atoms with van der Waals surface area (Å²) in [5.41, 5.74) is 0.189. The highest BCUT2D eigenvalue weighted by Gasteiger charge is 2.36. The van der Waals surface area contributed by atoms with Gasteiger partial charge >= 0.3 is 6.09 Å². The number of carbonyl (C=O) groups is 1. The van der Waals surface area contributed by atoms with Crippen LogP contribution in [-0.2, 0) is 6.54 Å². The molecule has 1 aliphatic carbocycles. The average molecular weight is 375 g/mol. The SMILES string of the molecule is N#CCCCCn1c(C(NC(=O)O)C2CC2)nc2cccc(Cl)c2c1=O. The molecule has 1 heterocycles. The molecule has 2 N–H and O–H groups in total. The molecule has 1 unspecified atom stereocenters. The summed E-state index contributed by atoms with van der Waals surface area (Å²) in [5.74, 6) is 0.562. The summed E-state index contributed by atoms with van der Waals surface area (Å²) < 4.78 is 1.52. The Labute approximate surface area is 155 Å². The van der Waals surface area contributed by atoms with E-state index in [9.17, 15) is 14.7 Å². The van der Waals surface area contributed by atoms with Gasteiger partial charge in [-0.25, -0.2) is 9.78 Å². The summed E-state index contributed by atoms with van der Waals surface area (Å²) in [5, 5.41) is 21.1. The minimum Gasteiger partial charge on any atom is -0.465 e. The molecule has 8 heteroatoms. The number of unbranched alkanes of at least 4 members (excludes halogenated alkanes) is 2. The van der Waals surface area contributed by atoms with Crippen LogP contribution in [-0.4, -0.2) is 20.8 Å². The van der Waals surface area contributed by atoms with Gasteiger partial charge in [-0.1, -0.05) is 17.7 Å². The molecule has 136 valence electrons. The molecule has 0 radical (unpaired) electrons. The smallest absolute Gasteiger partial charge is 0.405 e. The van der Waals surface area contributed by atoms with Crippen LogP contribution in [0, 0.1) is 17.2 Å². The summed E-state index contributed by atoms with van der Waals surface area (Å²) in [6, 6.07) is 6.62. The number of halogens is 1. The molecule has 1 fully saturated rings. The van der Waals surface area contributed by atoms with E-state index in [0.29, 0.717) is 47.6 Å². The number of rotatable bonds is 7. The first-order chi connectivity index (χ1) is 12.5. The third kappa shape index (κ3) is 3.81. The second kappa shape index (κ2) is 7.75. The van der Waals surface area contributed by atoms with Crippen molar-refractivity contribution in [3.05, 3.63) is 39.4 Å². The number of amides is 1. The van der Waals surface area contributed by atoms with Gasteiger partial charge < -0.3 is 10.4 Å². The number of hydrogen-bond donors (Lipinski definition) is 2.